The monoisotopic (exact) mass is 336 g/mol. The second-order valence-electron chi connectivity index (χ2n) is 7.54. The molecule has 132 valence electrons. The number of para-hydroxylation sites is 1. The minimum absolute atomic E-state index is 0.428. The van der Waals surface area contributed by atoms with Crippen molar-refractivity contribution in [1.29, 1.82) is 0 Å². The van der Waals surface area contributed by atoms with Gasteiger partial charge in [0.05, 0.1) is 0 Å². The standard InChI is InChI=1S/C21H28N4/c1-15-13-17-9-7-8-12-19(17)25(15)21-14-20(22-16(2)23-21)24-18-10-5-3-4-6-11-18/h7-9,12,14-15,18H,3-6,10-11,13H2,1-2H3,(H,22,23,24). The van der Waals surface area contributed by atoms with Crippen molar-refractivity contribution in [3.8, 4) is 0 Å². The molecule has 0 bridgehead atoms. The van der Waals surface area contributed by atoms with Crippen LogP contribution in [0.2, 0.25) is 0 Å². The van der Waals surface area contributed by atoms with E-state index in [2.05, 4.69) is 52.5 Å². The van der Waals surface area contributed by atoms with Crippen LogP contribution in [0.5, 0.6) is 0 Å². The zero-order chi connectivity index (χ0) is 17.2. The molecule has 1 aromatic heterocycles. The second kappa shape index (κ2) is 7.03. The summed E-state index contributed by atoms with van der Waals surface area (Å²) in [5.41, 5.74) is 2.69. The lowest BCUT2D eigenvalue weighted by molar-refractivity contribution is 0.617. The predicted molar refractivity (Wildman–Crippen MR) is 104 cm³/mol. The number of aromatic nitrogens is 2. The number of nitrogens with zero attached hydrogens (tertiary/aromatic N) is 3. The Labute approximate surface area is 150 Å². The number of hydrogen-bond donors (Lipinski definition) is 1. The third-order valence-corrected chi connectivity index (χ3v) is 5.49. The fourth-order valence-corrected chi connectivity index (χ4v) is 4.30. The van der Waals surface area contributed by atoms with Crippen molar-refractivity contribution in [1.82, 2.24) is 9.97 Å². The van der Waals surface area contributed by atoms with E-state index in [9.17, 15) is 0 Å². The van der Waals surface area contributed by atoms with Gasteiger partial charge in [0.25, 0.3) is 0 Å². The van der Waals surface area contributed by atoms with Crippen LogP contribution in [-0.4, -0.2) is 22.1 Å². The fourth-order valence-electron chi connectivity index (χ4n) is 4.30. The Hall–Kier alpha value is -2.10. The van der Waals surface area contributed by atoms with Crippen molar-refractivity contribution in [3.63, 3.8) is 0 Å². The molecule has 2 aliphatic rings. The number of aryl methyl sites for hydroxylation is 1. The molecule has 4 rings (SSSR count). The highest BCUT2D eigenvalue weighted by atomic mass is 15.2. The SMILES string of the molecule is Cc1nc(NC2CCCCCC2)cc(N2c3ccccc3CC2C)n1. The lowest BCUT2D eigenvalue weighted by Crippen LogP contribution is -2.26. The molecular formula is C21H28N4. The van der Waals surface area contributed by atoms with Crippen LogP contribution in [0.25, 0.3) is 0 Å². The number of hydrogen-bond acceptors (Lipinski definition) is 4. The molecule has 1 unspecified atom stereocenters. The van der Waals surface area contributed by atoms with Crippen molar-refractivity contribution in [2.24, 2.45) is 0 Å². The summed E-state index contributed by atoms with van der Waals surface area (Å²) in [6, 6.07) is 11.8. The van der Waals surface area contributed by atoms with Crippen LogP contribution in [0, 0.1) is 6.92 Å². The molecule has 1 aromatic carbocycles. The van der Waals surface area contributed by atoms with Crippen LogP contribution >= 0.6 is 0 Å². The highest BCUT2D eigenvalue weighted by molar-refractivity contribution is 5.70. The molecule has 0 amide bonds. The van der Waals surface area contributed by atoms with E-state index in [0.717, 1.165) is 23.9 Å². The van der Waals surface area contributed by atoms with E-state index in [4.69, 9.17) is 4.98 Å². The first-order valence-corrected chi connectivity index (χ1v) is 9.70. The summed E-state index contributed by atoms with van der Waals surface area (Å²) in [5.74, 6) is 2.83. The van der Waals surface area contributed by atoms with Gasteiger partial charge in [-0.3, -0.25) is 0 Å². The van der Waals surface area contributed by atoms with Crippen LogP contribution in [-0.2, 0) is 6.42 Å². The number of fused-ring (bicyclic) bond motifs is 1. The van der Waals surface area contributed by atoms with E-state index < -0.39 is 0 Å². The van der Waals surface area contributed by atoms with Crippen LogP contribution in [0.3, 0.4) is 0 Å². The number of rotatable bonds is 3. The normalized spacial score (nSPS) is 21.0. The van der Waals surface area contributed by atoms with Crippen molar-refractivity contribution in [2.75, 3.05) is 10.2 Å². The first-order valence-electron chi connectivity index (χ1n) is 9.70. The Kier molecular flexibility index (Phi) is 4.60. The summed E-state index contributed by atoms with van der Waals surface area (Å²) in [7, 11) is 0. The van der Waals surface area contributed by atoms with Gasteiger partial charge in [0.15, 0.2) is 0 Å². The molecule has 1 saturated carbocycles. The quantitative estimate of drug-likeness (QED) is 0.801. The topological polar surface area (TPSA) is 41.1 Å². The maximum absolute atomic E-state index is 4.75. The van der Waals surface area contributed by atoms with Crippen LogP contribution < -0.4 is 10.2 Å². The Bertz CT molecular complexity index is 734. The summed E-state index contributed by atoms with van der Waals surface area (Å²) in [4.78, 5) is 11.8. The maximum atomic E-state index is 4.75. The number of nitrogens with one attached hydrogen (secondary N) is 1. The van der Waals surface area contributed by atoms with E-state index in [-0.39, 0.29) is 0 Å². The Morgan fingerprint density at radius 2 is 1.80 bits per heavy atom. The fraction of sp³-hybridized carbons (Fsp3) is 0.524. The Morgan fingerprint density at radius 3 is 2.60 bits per heavy atom. The van der Waals surface area contributed by atoms with Crippen LogP contribution in [0.4, 0.5) is 17.3 Å². The molecule has 25 heavy (non-hydrogen) atoms. The number of benzene rings is 1. The molecular weight excluding hydrogens is 308 g/mol. The average molecular weight is 336 g/mol. The van der Waals surface area contributed by atoms with E-state index in [1.165, 1.54) is 49.8 Å². The molecule has 0 radical (unpaired) electrons. The lowest BCUT2D eigenvalue weighted by Gasteiger charge is -2.25. The summed E-state index contributed by atoms with van der Waals surface area (Å²) >= 11 is 0. The highest BCUT2D eigenvalue weighted by Crippen LogP contribution is 2.37. The molecule has 1 aliphatic carbocycles. The molecule has 4 nitrogen and oxygen atoms in total. The van der Waals surface area contributed by atoms with E-state index >= 15 is 0 Å². The lowest BCUT2D eigenvalue weighted by atomic mass is 10.1. The molecule has 2 aromatic rings. The van der Waals surface area contributed by atoms with Crippen molar-refractivity contribution >= 4 is 17.3 Å². The molecule has 2 heterocycles. The van der Waals surface area contributed by atoms with Crippen LogP contribution in [0.15, 0.2) is 30.3 Å². The van der Waals surface area contributed by atoms with Gasteiger partial charge >= 0.3 is 0 Å². The van der Waals surface area contributed by atoms with Crippen molar-refractivity contribution < 1.29 is 0 Å². The van der Waals surface area contributed by atoms with Gasteiger partial charge in [0.1, 0.15) is 17.5 Å². The minimum Gasteiger partial charge on any atom is -0.367 e. The Balaban J connectivity index is 1.61. The third-order valence-electron chi connectivity index (χ3n) is 5.49. The van der Waals surface area contributed by atoms with Crippen molar-refractivity contribution in [3.05, 3.63) is 41.7 Å². The molecule has 0 saturated heterocycles. The summed E-state index contributed by atoms with van der Waals surface area (Å²) < 4.78 is 0. The van der Waals surface area contributed by atoms with E-state index in [0.29, 0.717) is 12.1 Å². The van der Waals surface area contributed by atoms with Gasteiger partial charge in [0.2, 0.25) is 0 Å². The predicted octanol–water partition coefficient (Wildman–Crippen LogP) is 5.00. The van der Waals surface area contributed by atoms with E-state index in [1.54, 1.807) is 0 Å². The first kappa shape index (κ1) is 16.4. The van der Waals surface area contributed by atoms with Gasteiger partial charge in [0, 0.05) is 23.8 Å². The molecule has 1 aliphatic heterocycles. The van der Waals surface area contributed by atoms with Gasteiger partial charge in [-0.05, 0) is 44.7 Å². The van der Waals surface area contributed by atoms with Gasteiger partial charge in [-0.15, -0.1) is 0 Å². The maximum Gasteiger partial charge on any atom is 0.139 e. The minimum atomic E-state index is 0.428. The Morgan fingerprint density at radius 1 is 1.04 bits per heavy atom. The van der Waals surface area contributed by atoms with Gasteiger partial charge in [-0.1, -0.05) is 43.9 Å². The van der Waals surface area contributed by atoms with Crippen molar-refractivity contribution in [2.45, 2.75) is 70.9 Å². The smallest absolute Gasteiger partial charge is 0.139 e. The van der Waals surface area contributed by atoms with E-state index in [1.807, 2.05) is 6.92 Å². The molecule has 1 fully saturated rings. The van der Waals surface area contributed by atoms with Gasteiger partial charge < -0.3 is 10.2 Å². The summed E-state index contributed by atoms with van der Waals surface area (Å²) in [5, 5.41) is 3.69. The second-order valence-corrected chi connectivity index (χ2v) is 7.54. The van der Waals surface area contributed by atoms with Crippen LogP contribution in [0.1, 0.15) is 56.8 Å². The molecule has 0 spiro atoms. The third kappa shape index (κ3) is 3.48. The molecule has 4 heteroatoms. The summed E-state index contributed by atoms with van der Waals surface area (Å²) in [6.07, 6.45) is 8.96. The average Bonchev–Trinajstić information content (AvgIpc) is 2.74. The first-order chi connectivity index (χ1) is 12.2. The molecule has 1 atom stereocenters. The molecule has 1 N–H and O–H groups in total. The van der Waals surface area contributed by atoms with Gasteiger partial charge in [-0.25, -0.2) is 9.97 Å². The zero-order valence-corrected chi connectivity index (χ0v) is 15.3. The number of anilines is 3. The highest BCUT2D eigenvalue weighted by Gasteiger charge is 2.28. The zero-order valence-electron chi connectivity index (χ0n) is 15.3. The summed E-state index contributed by atoms with van der Waals surface area (Å²) in [6.45, 7) is 4.27. The largest absolute Gasteiger partial charge is 0.367 e. The van der Waals surface area contributed by atoms with Gasteiger partial charge in [-0.2, -0.15) is 0 Å².